The van der Waals surface area contributed by atoms with E-state index in [2.05, 4.69) is 21.1 Å². The molecule has 0 saturated carbocycles. The van der Waals surface area contributed by atoms with E-state index < -0.39 is 0 Å². The predicted molar refractivity (Wildman–Crippen MR) is 60.0 cm³/mol. The summed E-state index contributed by atoms with van der Waals surface area (Å²) in [5, 5.41) is 4.26. The summed E-state index contributed by atoms with van der Waals surface area (Å²) in [6.07, 6.45) is 0. The van der Waals surface area contributed by atoms with Crippen LogP contribution in [0.15, 0.2) is 39.5 Å². The summed E-state index contributed by atoms with van der Waals surface area (Å²) in [6, 6.07) is 9.02. The molecule has 1 aromatic carbocycles. The zero-order valence-electron chi connectivity index (χ0n) is 7.61. The van der Waals surface area contributed by atoms with Crippen LogP contribution in [0.2, 0.25) is 5.02 Å². The number of benzene rings is 1. The van der Waals surface area contributed by atoms with Crippen LogP contribution in [0.3, 0.4) is 0 Å². The van der Waals surface area contributed by atoms with Crippen LogP contribution in [0.5, 0.6) is 5.75 Å². The lowest BCUT2D eigenvalue weighted by molar-refractivity contribution is 0.249. The lowest BCUT2D eigenvalue weighted by Gasteiger charge is -2.04. The largest absolute Gasteiger partial charge is 0.484 e. The molecule has 0 aliphatic heterocycles. The summed E-state index contributed by atoms with van der Waals surface area (Å²) in [6.45, 7) is 0.308. The van der Waals surface area contributed by atoms with Crippen LogP contribution in [0.25, 0.3) is 0 Å². The van der Waals surface area contributed by atoms with Crippen LogP contribution in [0, 0.1) is 0 Å². The van der Waals surface area contributed by atoms with Gasteiger partial charge in [0.05, 0.1) is 5.02 Å². The molecule has 78 valence electrons. The SMILES string of the molecule is Clc1ccccc1OCc1cc(Br)no1. The number of para-hydroxylation sites is 1. The number of rotatable bonds is 3. The van der Waals surface area contributed by atoms with Gasteiger partial charge in [-0.1, -0.05) is 28.9 Å². The minimum atomic E-state index is 0.308. The molecule has 0 spiro atoms. The third kappa shape index (κ3) is 2.73. The lowest BCUT2D eigenvalue weighted by Crippen LogP contribution is -1.93. The van der Waals surface area contributed by atoms with Crippen LogP contribution in [0.1, 0.15) is 5.76 Å². The number of ether oxygens (including phenoxy) is 1. The van der Waals surface area contributed by atoms with Crippen LogP contribution >= 0.6 is 27.5 Å². The molecule has 2 aromatic rings. The molecule has 3 nitrogen and oxygen atoms in total. The fourth-order valence-electron chi connectivity index (χ4n) is 1.07. The van der Waals surface area contributed by atoms with Gasteiger partial charge in [-0.25, -0.2) is 0 Å². The standard InChI is InChI=1S/C10H7BrClNO2/c11-10-5-7(15-13-10)6-14-9-4-2-1-3-8(9)12/h1-5H,6H2. The summed E-state index contributed by atoms with van der Waals surface area (Å²) < 4.78 is 11.1. The fraction of sp³-hybridized carbons (Fsp3) is 0.100. The van der Waals surface area contributed by atoms with Crippen molar-refractivity contribution in [3.63, 3.8) is 0 Å². The molecule has 0 aliphatic carbocycles. The van der Waals surface area contributed by atoms with E-state index in [1.807, 2.05) is 12.1 Å². The van der Waals surface area contributed by atoms with Gasteiger partial charge >= 0.3 is 0 Å². The predicted octanol–water partition coefficient (Wildman–Crippen LogP) is 3.67. The normalized spacial score (nSPS) is 10.3. The third-order valence-electron chi connectivity index (χ3n) is 1.74. The van der Waals surface area contributed by atoms with Gasteiger partial charge in [-0.15, -0.1) is 0 Å². The van der Waals surface area contributed by atoms with E-state index in [1.165, 1.54) is 0 Å². The van der Waals surface area contributed by atoms with E-state index in [0.29, 0.717) is 27.7 Å². The topological polar surface area (TPSA) is 35.3 Å². The molecule has 0 amide bonds. The molecule has 2 rings (SSSR count). The lowest BCUT2D eigenvalue weighted by atomic mass is 10.3. The monoisotopic (exact) mass is 287 g/mol. The van der Waals surface area contributed by atoms with Crippen LogP contribution in [0.4, 0.5) is 0 Å². The van der Waals surface area contributed by atoms with E-state index >= 15 is 0 Å². The molecule has 15 heavy (non-hydrogen) atoms. The smallest absolute Gasteiger partial charge is 0.175 e. The van der Waals surface area contributed by atoms with Gasteiger partial charge in [0.25, 0.3) is 0 Å². The quantitative estimate of drug-likeness (QED) is 0.864. The molecule has 5 heteroatoms. The van der Waals surface area contributed by atoms with Crippen molar-refractivity contribution < 1.29 is 9.26 Å². The second kappa shape index (κ2) is 4.68. The summed E-state index contributed by atoms with van der Waals surface area (Å²) in [7, 11) is 0. The van der Waals surface area contributed by atoms with Crippen molar-refractivity contribution in [1.82, 2.24) is 5.16 Å². The number of aromatic nitrogens is 1. The molecule has 0 aliphatic rings. The average Bonchev–Trinajstić information content (AvgIpc) is 2.63. The summed E-state index contributed by atoms with van der Waals surface area (Å²) in [5.41, 5.74) is 0. The summed E-state index contributed by atoms with van der Waals surface area (Å²) in [5.74, 6) is 1.27. The van der Waals surface area contributed by atoms with Crippen molar-refractivity contribution in [2.24, 2.45) is 0 Å². The number of hydrogen-bond donors (Lipinski definition) is 0. The molecule has 0 fully saturated rings. The van der Waals surface area contributed by atoms with E-state index in [0.717, 1.165) is 0 Å². The molecule has 1 heterocycles. The van der Waals surface area contributed by atoms with E-state index in [9.17, 15) is 0 Å². The fourth-order valence-corrected chi connectivity index (χ4v) is 1.58. The molecule has 0 N–H and O–H groups in total. The van der Waals surface area contributed by atoms with Crippen molar-refractivity contribution in [3.05, 3.63) is 45.7 Å². The highest BCUT2D eigenvalue weighted by Gasteiger charge is 2.04. The Kier molecular flexibility index (Phi) is 3.28. The second-order valence-electron chi connectivity index (χ2n) is 2.84. The maximum absolute atomic E-state index is 5.92. The number of nitrogens with zero attached hydrogens (tertiary/aromatic N) is 1. The Morgan fingerprint density at radius 3 is 2.87 bits per heavy atom. The first-order valence-corrected chi connectivity index (χ1v) is 5.41. The molecule has 0 radical (unpaired) electrons. The van der Waals surface area contributed by atoms with E-state index in [4.69, 9.17) is 20.9 Å². The highest BCUT2D eigenvalue weighted by molar-refractivity contribution is 9.10. The first-order chi connectivity index (χ1) is 7.25. The van der Waals surface area contributed by atoms with Gasteiger partial charge in [0.2, 0.25) is 0 Å². The molecular weight excluding hydrogens is 281 g/mol. The Hall–Kier alpha value is -1.00. The van der Waals surface area contributed by atoms with Gasteiger partial charge in [0.15, 0.2) is 5.76 Å². The second-order valence-corrected chi connectivity index (χ2v) is 4.05. The Balaban J connectivity index is 2.02. The minimum Gasteiger partial charge on any atom is -0.484 e. The first-order valence-electron chi connectivity index (χ1n) is 4.24. The number of halogens is 2. The number of hydrogen-bond acceptors (Lipinski definition) is 3. The average molecular weight is 289 g/mol. The molecule has 1 aromatic heterocycles. The molecule has 0 atom stereocenters. The van der Waals surface area contributed by atoms with E-state index in [-0.39, 0.29) is 0 Å². The van der Waals surface area contributed by atoms with Crippen molar-refractivity contribution in [2.75, 3.05) is 0 Å². The van der Waals surface area contributed by atoms with Crippen LogP contribution in [-0.4, -0.2) is 5.16 Å². The molecule has 0 bridgehead atoms. The minimum absolute atomic E-state index is 0.308. The first kappa shape index (κ1) is 10.5. The van der Waals surface area contributed by atoms with E-state index in [1.54, 1.807) is 18.2 Å². The van der Waals surface area contributed by atoms with Gasteiger partial charge < -0.3 is 9.26 Å². The Bertz CT molecular complexity index is 458. The summed E-state index contributed by atoms with van der Waals surface area (Å²) >= 11 is 9.10. The highest BCUT2D eigenvalue weighted by atomic mass is 79.9. The Labute approximate surface area is 100 Å². The van der Waals surface area contributed by atoms with Crippen LogP contribution in [-0.2, 0) is 6.61 Å². The van der Waals surface area contributed by atoms with Crippen molar-refractivity contribution in [2.45, 2.75) is 6.61 Å². The highest BCUT2D eigenvalue weighted by Crippen LogP contribution is 2.24. The van der Waals surface area contributed by atoms with Crippen molar-refractivity contribution in [1.29, 1.82) is 0 Å². The third-order valence-corrected chi connectivity index (χ3v) is 2.42. The molecule has 0 unspecified atom stereocenters. The van der Waals surface area contributed by atoms with Gasteiger partial charge in [-0.2, -0.15) is 0 Å². The maximum Gasteiger partial charge on any atom is 0.175 e. The zero-order chi connectivity index (χ0) is 10.7. The Morgan fingerprint density at radius 1 is 1.40 bits per heavy atom. The molecular formula is C10H7BrClNO2. The van der Waals surface area contributed by atoms with Crippen molar-refractivity contribution >= 4 is 27.5 Å². The van der Waals surface area contributed by atoms with Gasteiger partial charge in [-0.05, 0) is 28.1 Å². The molecule has 0 saturated heterocycles. The van der Waals surface area contributed by atoms with Gasteiger partial charge in [-0.3, -0.25) is 0 Å². The van der Waals surface area contributed by atoms with Crippen LogP contribution < -0.4 is 4.74 Å². The summed E-state index contributed by atoms with van der Waals surface area (Å²) in [4.78, 5) is 0. The zero-order valence-corrected chi connectivity index (χ0v) is 9.96. The maximum atomic E-state index is 5.92. The van der Waals surface area contributed by atoms with Crippen molar-refractivity contribution in [3.8, 4) is 5.75 Å². The van der Waals surface area contributed by atoms with Gasteiger partial charge in [0.1, 0.15) is 17.0 Å². The Morgan fingerprint density at radius 2 is 2.20 bits per heavy atom. The van der Waals surface area contributed by atoms with Gasteiger partial charge in [0, 0.05) is 6.07 Å².